The van der Waals surface area contributed by atoms with Gasteiger partial charge in [0.15, 0.2) is 0 Å². The number of hydrogen-bond donors (Lipinski definition) is 1. The molecule has 0 radical (unpaired) electrons. The average Bonchev–Trinajstić information content (AvgIpc) is 2.92. The number of nitrogens with two attached hydrogens (primary N) is 1. The topological polar surface area (TPSA) is 56.7 Å². The summed E-state index contributed by atoms with van der Waals surface area (Å²) in [6, 6.07) is 6.48. The first-order chi connectivity index (χ1) is 10.2. The second kappa shape index (κ2) is 5.98. The number of aromatic nitrogens is 3. The van der Waals surface area contributed by atoms with E-state index < -0.39 is 0 Å². The lowest BCUT2D eigenvalue weighted by Gasteiger charge is -2.23. The van der Waals surface area contributed by atoms with Gasteiger partial charge in [0.05, 0.1) is 11.4 Å². The number of hydrogen-bond acceptors (Lipinski definition) is 3. The van der Waals surface area contributed by atoms with Crippen LogP contribution in [0.3, 0.4) is 0 Å². The lowest BCUT2D eigenvalue weighted by Crippen LogP contribution is -2.14. The SMILES string of the molecule is Cc1ccc(-n2nnc(CN)c2C2CCCCC2)c(C)c1. The van der Waals surface area contributed by atoms with Crippen LogP contribution < -0.4 is 5.73 Å². The van der Waals surface area contributed by atoms with Crippen molar-refractivity contribution in [3.63, 3.8) is 0 Å². The van der Waals surface area contributed by atoms with Crippen molar-refractivity contribution in [2.75, 3.05) is 0 Å². The zero-order chi connectivity index (χ0) is 14.8. The summed E-state index contributed by atoms with van der Waals surface area (Å²) in [5, 5.41) is 8.75. The van der Waals surface area contributed by atoms with Crippen LogP contribution in [-0.4, -0.2) is 15.0 Å². The molecular formula is C17H24N4. The molecule has 0 amide bonds. The van der Waals surface area contributed by atoms with Gasteiger partial charge in [0, 0.05) is 12.5 Å². The van der Waals surface area contributed by atoms with E-state index in [9.17, 15) is 0 Å². The summed E-state index contributed by atoms with van der Waals surface area (Å²) in [6.45, 7) is 4.72. The Labute approximate surface area is 126 Å². The van der Waals surface area contributed by atoms with E-state index in [0.29, 0.717) is 12.5 Å². The van der Waals surface area contributed by atoms with E-state index in [1.807, 2.05) is 4.68 Å². The van der Waals surface area contributed by atoms with Crippen molar-refractivity contribution in [3.05, 3.63) is 40.7 Å². The summed E-state index contributed by atoms with van der Waals surface area (Å²) in [6.07, 6.45) is 6.40. The molecule has 3 rings (SSSR count). The van der Waals surface area contributed by atoms with E-state index in [1.165, 1.54) is 48.9 Å². The maximum Gasteiger partial charge on any atom is 0.100 e. The Morgan fingerprint density at radius 2 is 1.95 bits per heavy atom. The van der Waals surface area contributed by atoms with Crippen LogP contribution in [0.25, 0.3) is 5.69 Å². The number of benzene rings is 1. The molecule has 1 fully saturated rings. The molecule has 1 aromatic carbocycles. The number of rotatable bonds is 3. The molecule has 1 heterocycles. The number of aryl methyl sites for hydroxylation is 2. The average molecular weight is 284 g/mol. The van der Waals surface area contributed by atoms with Crippen LogP contribution >= 0.6 is 0 Å². The summed E-state index contributed by atoms with van der Waals surface area (Å²) < 4.78 is 2.03. The van der Waals surface area contributed by atoms with Crippen LogP contribution in [0.4, 0.5) is 0 Å². The predicted molar refractivity (Wildman–Crippen MR) is 84.6 cm³/mol. The van der Waals surface area contributed by atoms with Crippen LogP contribution in [0, 0.1) is 13.8 Å². The van der Waals surface area contributed by atoms with Gasteiger partial charge in [-0.15, -0.1) is 5.10 Å². The first-order valence-corrected chi connectivity index (χ1v) is 7.93. The van der Waals surface area contributed by atoms with Crippen molar-refractivity contribution < 1.29 is 0 Å². The normalized spacial score (nSPS) is 16.3. The molecule has 1 saturated carbocycles. The van der Waals surface area contributed by atoms with Gasteiger partial charge in [-0.3, -0.25) is 0 Å². The van der Waals surface area contributed by atoms with Crippen molar-refractivity contribution in [2.24, 2.45) is 5.73 Å². The fraction of sp³-hybridized carbons (Fsp3) is 0.529. The monoisotopic (exact) mass is 284 g/mol. The zero-order valence-electron chi connectivity index (χ0n) is 13.0. The summed E-state index contributed by atoms with van der Waals surface area (Å²) >= 11 is 0. The van der Waals surface area contributed by atoms with Gasteiger partial charge in [0.25, 0.3) is 0 Å². The summed E-state index contributed by atoms with van der Waals surface area (Å²) in [5.74, 6) is 0.549. The van der Waals surface area contributed by atoms with E-state index in [0.717, 1.165) is 11.4 Å². The summed E-state index contributed by atoms with van der Waals surface area (Å²) in [4.78, 5) is 0. The minimum Gasteiger partial charge on any atom is -0.325 e. The Bertz CT molecular complexity index is 624. The van der Waals surface area contributed by atoms with Gasteiger partial charge in [-0.05, 0) is 38.3 Å². The van der Waals surface area contributed by atoms with E-state index in [2.05, 4.69) is 42.4 Å². The first-order valence-electron chi connectivity index (χ1n) is 7.93. The Morgan fingerprint density at radius 3 is 2.62 bits per heavy atom. The van der Waals surface area contributed by atoms with Gasteiger partial charge in [0.1, 0.15) is 5.69 Å². The molecule has 112 valence electrons. The molecule has 1 aliphatic carbocycles. The quantitative estimate of drug-likeness (QED) is 0.940. The number of nitrogens with zero attached hydrogens (tertiary/aromatic N) is 3. The molecular weight excluding hydrogens is 260 g/mol. The molecule has 1 aromatic heterocycles. The fourth-order valence-electron chi connectivity index (χ4n) is 3.47. The molecule has 2 N–H and O–H groups in total. The lowest BCUT2D eigenvalue weighted by molar-refractivity contribution is 0.427. The molecule has 0 aliphatic heterocycles. The maximum atomic E-state index is 5.90. The van der Waals surface area contributed by atoms with Crippen molar-refractivity contribution in [1.29, 1.82) is 0 Å². The lowest BCUT2D eigenvalue weighted by atomic mass is 9.86. The van der Waals surface area contributed by atoms with Gasteiger partial charge in [-0.1, -0.05) is 42.2 Å². The molecule has 21 heavy (non-hydrogen) atoms. The van der Waals surface area contributed by atoms with E-state index in [1.54, 1.807) is 0 Å². The smallest absolute Gasteiger partial charge is 0.100 e. The molecule has 4 nitrogen and oxygen atoms in total. The molecule has 2 aromatic rings. The Hall–Kier alpha value is -1.68. The van der Waals surface area contributed by atoms with E-state index in [4.69, 9.17) is 5.73 Å². The highest BCUT2D eigenvalue weighted by molar-refractivity contribution is 5.43. The third-order valence-electron chi connectivity index (χ3n) is 4.54. The van der Waals surface area contributed by atoms with Crippen LogP contribution in [-0.2, 0) is 6.54 Å². The predicted octanol–water partition coefficient (Wildman–Crippen LogP) is 3.39. The Morgan fingerprint density at radius 1 is 1.19 bits per heavy atom. The first kappa shape index (κ1) is 14.3. The molecule has 0 bridgehead atoms. The summed E-state index contributed by atoms with van der Waals surface area (Å²) in [5.41, 5.74) is 11.7. The standard InChI is InChI=1S/C17H24N4/c1-12-8-9-16(13(2)10-12)21-17(15(11-18)19-20-21)14-6-4-3-5-7-14/h8-10,14H,3-7,11,18H2,1-2H3. The third-order valence-corrected chi connectivity index (χ3v) is 4.54. The van der Waals surface area contributed by atoms with Crippen molar-refractivity contribution in [1.82, 2.24) is 15.0 Å². The molecule has 0 unspecified atom stereocenters. The molecule has 0 spiro atoms. The maximum absolute atomic E-state index is 5.90. The van der Waals surface area contributed by atoms with Crippen molar-refractivity contribution in [2.45, 2.75) is 58.4 Å². The van der Waals surface area contributed by atoms with Crippen LogP contribution in [0.2, 0.25) is 0 Å². The Kier molecular flexibility index (Phi) is 4.06. The fourth-order valence-corrected chi connectivity index (χ4v) is 3.47. The van der Waals surface area contributed by atoms with Crippen LogP contribution in [0.5, 0.6) is 0 Å². The van der Waals surface area contributed by atoms with Crippen molar-refractivity contribution in [3.8, 4) is 5.69 Å². The largest absolute Gasteiger partial charge is 0.325 e. The van der Waals surface area contributed by atoms with Gasteiger partial charge in [-0.25, -0.2) is 4.68 Å². The highest BCUT2D eigenvalue weighted by Crippen LogP contribution is 2.35. The highest BCUT2D eigenvalue weighted by atomic mass is 15.4. The second-order valence-electron chi connectivity index (χ2n) is 6.16. The Balaban J connectivity index is 2.07. The van der Waals surface area contributed by atoms with E-state index >= 15 is 0 Å². The summed E-state index contributed by atoms with van der Waals surface area (Å²) in [7, 11) is 0. The van der Waals surface area contributed by atoms with Crippen molar-refractivity contribution >= 4 is 0 Å². The van der Waals surface area contributed by atoms with Crippen LogP contribution in [0.1, 0.15) is 60.5 Å². The van der Waals surface area contributed by atoms with Gasteiger partial charge < -0.3 is 5.73 Å². The molecule has 0 saturated heterocycles. The van der Waals surface area contributed by atoms with Crippen LogP contribution in [0.15, 0.2) is 18.2 Å². The second-order valence-corrected chi connectivity index (χ2v) is 6.16. The van der Waals surface area contributed by atoms with E-state index in [-0.39, 0.29) is 0 Å². The third kappa shape index (κ3) is 2.72. The van der Waals surface area contributed by atoms with Gasteiger partial charge in [0.2, 0.25) is 0 Å². The molecule has 4 heteroatoms. The molecule has 0 atom stereocenters. The van der Waals surface area contributed by atoms with Gasteiger partial charge in [-0.2, -0.15) is 0 Å². The molecule has 1 aliphatic rings. The minimum absolute atomic E-state index is 0.469. The highest BCUT2D eigenvalue weighted by Gasteiger charge is 2.25. The zero-order valence-corrected chi connectivity index (χ0v) is 13.0. The van der Waals surface area contributed by atoms with Gasteiger partial charge >= 0.3 is 0 Å². The minimum atomic E-state index is 0.469.